The van der Waals surface area contributed by atoms with E-state index in [-0.39, 0.29) is 18.5 Å². The van der Waals surface area contributed by atoms with Crippen LogP contribution in [0.3, 0.4) is 0 Å². The molecular formula is C25H32ClN3O5S. The molecule has 1 unspecified atom stereocenters. The predicted octanol–water partition coefficient (Wildman–Crippen LogP) is 3.59. The van der Waals surface area contributed by atoms with E-state index in [0.717, 1.165) is 41.8 Å². The molecule has 2 aromatic rings. The molecule has 1 aliphatic rings. The molecule has 10 heteroatoms. The van der Waals surface area contributed by atoms with Gasteiger partial charge in [0.1, 0.15) is 18.3 Å². The first kappa shape index (κ1) is 26.8. The second-order valence-electron chi connectivity index (χ2n) is 8.79. The Morgan fingerprint density at radius 2 is 1.80 bits per heavy atom. The van der Waals surface area contributed by atoms with Crippen LogP contribution < -0.4 is 14.4 Å². The van der Waals surface area contributed by atoms with Gasteiger partial charge in [0, 0.05) is 17.6 Å². The van der Waals surface area contributed by atoms with Crippen LogP contribution in [0.1, 0.15) is 38.2 Å². The van der Waals surface area contributed by atoms with Crippen molar-refractivity contribution in [1.82, 2.24) is 10.2 Å². The molecule has 2 amide bonds. The number of anilines is 1. The fourth-order valence-corrected chi connectivity index (χ4v) is 5.23. The molecule has 1 atom stereocenters. The lowest BCUT2D eigenvalue weighted by Gasteiger charge is -2.32. The molecule has 3 rings (SSSR count). The Labute approximate surface area is 212 Å². The smallest absolute Gasteiger partial charge is 0.244 e. The van der Waals surface area contributed by atoms with Gasteiger partial charge >= 0.3 is 0 Å². The Balaban J connectivity index is 1.87. The van der Waals surface area contributed by atoms with Gasteiger partial charge in [0.25, 0.3) is 0 Å². The minimum absolute atomic E-state index is 0.0971. The summed E-state index contributed by atoms with van der Waals surface area (Å²) in [6.07, 6.45) is 5.01. The maximum Gasteiger partial charge on any atom is 0.244 e. The van der Waals surface area contributed by atoms with Gasteiger partial charge in [-0.1, -0.05) is 36.6 Å². The van der Waals surface area contributed by atoms with Crippen molar-refractivity contribution < 1.29 is 22.7 Å². The zero-order chi connectivity index (χ0) is 25.6. The standard InChI is InChI=1S/C25H32ClN3O5S/c1-18(25(31)27-21-9-4-5-10-21)28(16-19-7-6-8-20(26)15-19)24(30)17-29(35(3,32)33)22-11-13-23(34-2)14-12-22/h6-8,11-15,18,21H,4-5,9-10,16-17H2,1-3H3,(H,27,31). The Morgan fingerprint density at radius 1 is 1.14 bits per heavy atom. The van der Waals surface area contributed by atoms with Gasteiger partial charge in [-0.2, -0.15) is 0 Å². The largest absolute Gasteiger partial charge is 0.497 e. The summed E-state index contributed by atoms with van der Waals surface area (Å²) in [5.74, 6) is -0.198. The van der Waals surface area contributed by atoms with Crippen molar-refractivity contribution in [3.8, 4) is 5.75 Å². The Hall–Kier alpha value is -2.78. The molecule has 1 fully saturated rings. The fourth-order valence-electron chi connectivity index (χ4n) is 4.17. The van der Waals surface area contributed by atoms with E-state index in [2.05, 4.69) is 5.32 Å². The van der Waals surface area contributed by atoms with Gasteiger partial charge in [-0.3, -0.25) is 13.9 Å². The van der Waals surface area contributed by atoms with Crippen molar-refractivity contribution in [3.63, 3.8) is 0 Å². The molecule has 1 N–H and O–H groups in total. The van der Waals surface area contributed by atoms with Crippen molar-refractivity contribution in [3.05, 3.63) is 59.1 Å². The predicted molar refractivity (Wildman–Crippen MR) is 137 cm³/mol. The van der Waals surface area contributed by atoms with Gasteiger partial charge < -0.3 is 15.0 Å². The first-order valence-corrected chi connectivity index (χ1v) is 13.8. The SMILES string of the molecule is COc1ccc(N(CC(=O)N(Cc2cccc(Cl)c2)C(C)C(=O)NC2CCCC2)S(C)(=O)=O)cc1. The van der Waals surface area contributed by atoms with Gasteiger partial charge in [-0.25, -0.2) is 8.42 Å². The summed E-state index contributed by atoms with van der Waals surface area (Å²) >= 11 is 6.13. The Kier molecular flexibility index (Phi) is 9.02. The molecule has 1 saturated carbocycles. The fraction of sp³-hybridized carbons (Fsp3) is 0.440. The van der Waals surface area contributed by atoms with Crippen LogP contribution in [0.25, 0.3) is 0 Å². The minimum atomic E-state index is -3.79. The van der Waals surface area contributed by atoms with Crippen molar-refractivity contribution in [2.24, 2.45) is 0 Å². The third-order valence-corrected chi connectivity index (χ3v) is 7.53. The van der Waals surface area contributed by atoms with Gasteiger partial charge in [0.15, 0.2) is 0 Å². The number of amides is 2. The second-order valence-corrected chi connectivity index (χ2v) is 11.1. The lowest BCUT2D eigenvalue weighted by atomic mass is 10.1. The summed E-state index contributed by atoms with van der Waals surface area (Å²) in [6, 6.07) is 12.7. The average molecular weight is 522 g/mol. The van der Waals surface area contributed by atoms with E-state index in [4.69, 9.17) is 16.3 Å². The third-order valence-electron chi connectivity index (χ3n) is 6.15. The Bertz CT molecular complexity index is 1130. The Morgan fingerprint density at radius 3 is 2.37 bits per heavy atom. The highest BCUT2D eigenvalue weighted by Crippen LogP contribution is 2.23. The average Bonchev–Trinajstić information content (AvgIpc) is 3.33. The van der Waals surface area contributed by atoms with Crippen LogP contribution in [0, 0.1) is 0 Å². The molecule has 0 aliphatic heterocycles. The number of sulfonamides is 1. The molecule has 2 aromatic carbocycles. The summed E-state index contributed by atoms with van der Waals surface area (Å²) in [5, 5.41) is 3.54. The molecule has 35 heavy (non-hydrogen) atoms. The second kappa shape index (κ2) is 11.8. The maximum absolute atomic E-state index is 13.6. The lowest BCUT2D eigenvalue weighted by Crippen LogP contribution is -2.52. The normalized spacial score (nSPS) is 14.9. The van der Waals surface area contributed by atoms with Crippen molar-refractivity contribution >= 4 is 39.1 Å². The van der Waals surface area contributed by atoms with Crippen LogP contribution >= 0.6 is 11.6 Å². The molecule has 1 aliphatic carbocycles. The summed E-state index contributed by atoms with van der Waals surface area (Å²) in [7, 11) is -2.27. The molecule has 8 nitrogen and oxygen atoms in total. The highest BCUT2D eigenvalue weighted by molar-refractivity contribution is 7.92. The summed E-state index contributed by atoms with van der Waals surface area (Å²) in [6.45, 7) is 1.32. The number of halogens is 1. The van der Waals surface area contributed by atoms with E-state index < -0.39 is 28.5 Å². The molecule has 0 saturated heterocycles. The van der Waals surface area contributed by atoms with Gasteiger partial charge in [-0.15, -0.1) is 0 Å². The topological polar surface area (TPSA) is 96.0 Å². The monoisotopic (exact) mass is 521 g/mol. The van der Waals surface area contributed by atoms with E-state index >= 15 is 0 Å². The van der Waals surface area contributed by atoms with Crippen molar-refractivity contribution in [2.45, 2.75) is 51.2 Å². The number of rotatable bonds is 10. The molecule has 0 heterocycles. The molecule has 0 bridgehead atoms. The first-order chi connectivity index (χ1) is 16.6. The molecule has 0 radical (unpaired) electrons. The van der Waals surface area contributed by atoms with Gasteiger partial charge in [0.05, 0.1) is 19.1 Å². The summed E-state index contributed by atoms with van der Waals surface area (Å²) in [5.41, 5.74) is 1.06. The number of methoxy groups -OCH3 is 1. The van der Waals surface area contributed by atoms with E-state index in [0.29, 0.717) is 16.5 Å². The van der Waals surface area contributed by atoms with Crippen molar-refractivity contribution in [1.29, 1.82) is 0 Å². The lowest BCUT2D eigenvalue weighted by molar-refractivity contribution is -0.139. The number of hydrogen-bond donors (Lipinski definition) is 1. The van der Waals surface area contributed by atoms with Crippen LogP contribution in [-0.4, -0.2) is 57.1 Å². The van der Waals surface area contributed by atoms with E-state index in [9.17, 15) is 18.0 Å². The van der Waals surface area contributed by atoms with Crippen LogP contribution in [0.15, 0.2) is 48.5 Å². The maximum atomic E-state index is 13.6. The van der Waals surface area contributed by atoms with Crippen LogP contribution in [0.4, 0.5) is 5.69 Å². The van der Waals surface area contributed by atoms with Gasteiger partial charge in [0.2, 0.25) is 21.8 Å². The zero-order valence-electron chi connectivity index (χ0n) is 20.2. The van der Waals surface area contributed by atoms with E-state index in [1.54, 1.807) is 49.4 Å². The van der Waals surface area contributed by atoms with Gasteiger partial charge in [-0.05, 0) is 61.7 Å². The number of nitrogens with one attached hydrogen (secondary N) is 1. The zero-order valence-corrected chi connectivity index (χ0v) is 21.8. The van der Waals surface area contributed by atoms with Crippen LogP contribution in [-0.2, 0) is 26.2 Å². The number of carbonyl (C=O) groups excluding carboxylic acids is 2. The molecule has 0 spiro atoms. The number of benzene rings is 2. The first-order valence-electron chi connectivity index (χ1n) is 11.5. The number of hydrogen-bond acceptors (Lipinski definition) is 5. The quantitative estimate of drug-likeness (QED) is 0.515. The number of ether oxygens (including phenoxy) is 1. The summed E-state index contributed by atoms with van der Waals surface area (Å²) < 4.78 is 31.4. The van der Waals surface area contributed by atoms with E-state index in [1.807, 2.05) is 6.07 Å². The minimum Gasteiger partial charge on any atom is -0.497 e. The van der Waals surface area contributed by atoms with Crippen LogP contribution in [0.2, 0.25) is 5.02 Å². The molecule has 0 aromatic heterocycles. The highest BCUT2D eigenvalue weighted by Gasteiger charge is 2.31. The van der Waals surface area contributed by atoms with E-state index in [1.165, 1.54) is 12.0 Å². The third kappa shape index (κ3) is 7.35. The van der Waals surface area contributed by atoms with Crippen LogP contribution in [0.5, 0.6) is 5.75 Å². The molecule has 190 valence electrons. The highest BCUT2D eigenvalue weighted by atomic mass is 35.5. The number of carbonyl (C=O) groups is 2. The van der Waals surface area contributed by atoms with Crippen molar-refractivity contribution in [2.75, 3.05) is 24.2 Å². The number of nitrogens with zero attached hydrogens (tertiary/aromatic N) is 2. The molecular weight excluding hydrogens is 490 g/mol. The summed E-state index contributed by atoms with van der Waals surface area (Å²) in [4.78, 5) is 28.0.